The normalized spacial score (nSPS) is 12.4. The van der Waals surface area contributed by atoms with Gasteiger partial charge in [0.1, 0.15) is 11.0 Å². The summed E-state index contributed by atoms with van der Waals surface area (Å²) in [4.78, 5) is 13.2. The van der Waals surface area contributed by atoms with Crippen LogP contribution in [0.3, 0.4) is 0 Å². The average Bonchev–Trinajstić information content (AvgIpc) is 2.04. The summed E-state index contributed by atoms with van der Waals surface area (Å²) in [6, 6.07) is 2.58. The van der Waals surface area contributed by atoms with Crippen molar-refractivity contribution < 1.29 is 9.13 Å². The quantitative estimate of drug-likeness (QED) is 0.519. The van der Waals surface area contributed by atoms with Gasteiger partial charge < -0.3 is 0 Å². The Hall–Kier alpha value is -1.34. The zero-order valence-corrected chi connectivity index (χ0v) is 6.65. The van der Waals surface area contributed by atoms with Crippen molar-refractivity contribution in [2.75, 3.05) is 0 Å². The van der Waals surface area contributed by atoms with E-state index >= 15 is 0 Å². The van der Waals surface area contributed by atoms with E-state index in [1.807, 2.05) is 0 Å². The molecule has 6 nitrogen and oxygen atoms in total. The first-order valence-electron chi connectivity index (χ1n) is 2.88. The Morgan fingerprint density at radius 1 is 1.67 bits per heavy atom. The van der Waals surface area contributed by atoms with Crippen LogP contribution in [-0.2, 0) is 11.0 Å². The number of nitro groups is 1. The number of nitrogens with zero attached hydrogens (tertiary/aromatic N) is 2. The lowest BCUT2D eigenvalue weighted by molar-refractivity contribution is -0.388. The summed E-state index contributed by atoms with van der Waals surface area (Å²) in [6.45, 7) is 0. The fraction of sp³-hybridized carbons (Fsp3) is 0. The summed E-state index contributed by atoms with van der Waals surface area (Å²) < 4.78 is 10.7. The highest BCUT2D eigenvalue weighted by atomic mass is 32.2. The van der Waals surface area contributed by atoms with Crippen molar-refractivity contribution in [1.82, 2.24) is 4.98 Å². The van der Waals surface area contributed by atoms with Gasteiger partial charge in [-0.3, -0.25) is 10.1 Å². The molecule has 1 unspecified atom stereocenters. The maximum Gasteiger partial charge on any atom is 0.305 e. The van der Waals surface area contributed by atoms with Gasteiger partial charge in [0.05, 0.1) is 4.92 Å². The fourth-order valence-corrected chi connectivity index (χ4v) is 1.19. The van der Waals surface area contributed by atoms with E-state index in [1.54, 1.807) is 0 Å². The molecule has 12 heavy (non-hydrogen) atoms. The van der Waals surface area contributed by atoms with Crippen molar-refractivity contribution in [3.05, 3.63) is 28.4 Å². The summed E-state index contributed by atoms with van der Waals surface area (Å²) >= 11 is 0. The number of hydrogen-bond acceptors (Lipinski definition) is 4. The zero-order valence-electron chi connectivity index (χ0n) is 5.84. The number of aromatic nitrogens is 1. The summed E-state index contributed by atoms with van der Waals surface area (Å²) in [6.07, 6.45) is 1.30. The summed E-state index contributed by atoms with van der Waals surface area (Å²) in [5.41, 5.74) is -0.321. The van der Waals surface area contributed by atoms with Crippen molar-refractivity contribution in [2.45, 2.75) is 5.03 Å². The molecular formula is C5H5N3O3S. The van der Waals surface area contributed by atoms with Crippen LogP contribution in [0.4, 0.5) is 5.69 Å². The predicted octanol–water partition coefficient (Wildman–Crippen LogP) is -0.0289. The Morgan fingerprint density at radius 3 is 2.75 bits per heavy atom. The molecule has 0 aliphatic carbocycles. The molecular weight excluding hydrogens is 182 g/mol. The van der Waals surface area contributed by atoms with E-state index in [9.17, 15) is 14.3 Å². The molecule has 1 aromatic heterocycles. The molecule has 64 valence electrons. The molecule has 0 spiro atoms. The van der Waals surface area contributed by atoms with Crippen LogP contribution in [0.2, 0.25) is 0 Å². The lowest BCUT2D eigenvalue weighted by Gasteiger charge is -1.95. The van der Waals surface area contributed by atoms with E-state index < -0.39 is 15.9 Å². The van der Waals surface area contributed by atoms with Gasteiger partial charge in [0.2, 0.25) is 5.03 Å². The van der Waals surface area contributed by atoms with Crippen LogP contribution in [0.25, 0.3) is 0 Å². The summed E-state index contributed by atoms with van der Waals surface area (Å²) in [7, 11) is -1.91. The van der Waals surface area contributed by atoms with Crippen LogP contribution in [0.5, 0.6) is 0 Å². The first kappa shape index (κ1) is 8.75. The number of rotatable bonds is 2. The van der Waals surface area contributed by atoms with Crippen molar-refractivity contribution >= 4 is 16.7 Å². The van der Waals surface area contributed by atoms with Crippen molar-refractivity contribution in [3.63, 3.8) is 0 Å². The predicted molar refractivity (Wildman–Crippen MR) is 41.5 cm³/mol. The van der Waals surface area contributed by atoms with Gasteiger partial charge in [-0.05, 0) is 6.07 Å². The minimum absolute atomic E-state index is 0.206. The Bertz CT molecular complexity index is 307. The first-order chi connectivity index (χ1) is 5.63. The number of nitrogens with two attached hydrogens (primary N) is 1. The molecule has 0 saturated carbocycles. The molecule has 0 aromatic carbocycles. The van der Waals surface area contributed by atoms with Crippen LogP contribution in [0, 0.1) is 10.1 Å². The fourth-order valence-electron chi connectivity index (χ4n) is 0.676. The molecule has 0 bridgehead atoms. The highest BCUT2D eigenvalue weighted by Gasteiger charge is 2.16. The minimum Gasteiger partial charge on any atom is -0.258 e. The van der Waals surface area contributed by atoms with E-state index in [2.05, 4.69) is 4.98 Å². The highest BCUT2D eigenvalue weighted by Crippen LogP contribution is 2.16. The molecule has 0 fully saturated rings. The van der Waals surface area contributed by atoms with Gasteiger partial charge in [-0.2, -0.15) is 0 Å². The second-order valence-electron chi connectivity index (χ2n) is 1.88. The van der Waals surface area contributed by atoms with Crippen molar-refractivity contribution in [1.29, 1.82) is 0 Å². The first-order valence-corrected chi connectivity index (χ1v) is 4.10. The van der Waals surface area contributed by atoms with Gasteiger partial charge in [-0.15, -0.1) is 0 Å². The van der Waals surface area contributed by atoms with Gasteiger partial charge in [0.15, 0.2) is 0 Å². The van der Waals surface area contributed by atoms with Crippen molar-refractivity contribution in [3.8, 4) is 0 Å². The van der Waals surface area contributed by atoms with Crippen LogP contribution in [0.1, 0.15) is 0 Å². The Kier molecular flexibility index (Phi) is 2.46. The molecule has 0 aliphatic heterocycles. The lowest BCUT2D eigenvalue weighted by atomic mass is 10.4. The third kappa shape index (κ3) is 1.63. The number of hydrogen-bond donors (Lipinski definition) is 1. The third-order valence-electron chi connectivity index (χ3n) is 1.14. The topological polar surface area (TPSA) is 99.1 Å². The standard InChI is InChI=1S/C5H5N3O3S/c6-12(11)5-4(8(9)10)2-1-3-7-5/h1-3H,6H2. The Balaban J connectivity index is 3.27. The third-order valence-corrected chi connectivity index (χ3v) is 1.83. The van der Waals surface area contributed by atoms with E-state index in [0.29, 0.717) is 0 Å². The van der Waals surface area contributed by atoms with E-state index in [4.69, 9.17) is 5.14 Å². The van der Waals surface area contributed by atoms with Gasteiger partial charge in [-0.25, -0.2) is 14.3 Å². The van der Waals surface area contributed by atoms with Crippen LogP contribution in [0.15, 0.2) is 23.4 Å². The van der Waals surface area contributed by atoms with Crippen LogP contribution >= 0.6 is 0 Å². The Morgan fingerprint density at radius 2 is 2.33 bits per heavy atom. The maximum absolute atomic E-state index is 10.7. The van der Waals surface area contributed by atoms with Crippen LogP contribution in [-0.4, -0.2) is 14.1 Å². The largest absolute Gasteiger partial charge is 0.305 e. The molecule has 1 rings (SSSR count). The van der Waals surface area contributed by atoms with Crippen molar-refractivity contribution in [2.24, 2.45) is 5.14 Å². The SMILES string of the molecule is NS(=O)c1ncccc1[N+](=O)[O-]. The Labute approximate surface area is 70.2 Å². The summed E-state index contributed by atoms with van der Waals surface area (Å²) in [5.74, 6) is 0. The van der Waals surface area contributed by atoms with Gasteiger partial charge in [-0.1, -0.05) is 0 Å². The van der Waals surface area contributed by atoms with E-state index in [-0.39, 0.29) is 10.7 Å². The minimum atomic E-state index is -1.91. The second kappa shape index (κ2) is 3.37. The summed E-state index contributed by atoms with van der Waals surface area (Å²) in [5, 5.41) is 15.1. The van der Waals surface area contributed by atoms with Gasteiger partial charge >= 0.3 is 5.69 Å². The highest BCUT2D eigenvalue weighted by molar-refractivity contribution is 7.82. The van der Waals surface area contributed by atoms with Gasteiger partial charge in [0, 0.05) is 12.3 Å². The zero-order chi connectivity index (χ0) is 9.14. The molecule has 0 amide bonds. The van der Waals surface area contributed by atoms with E-state index in [1.165, 1.54) is 18.3 Å². The monoisotopic (exact) mass is 187 g/mol. The molecule has 2 N–H and O–H groups in total. The van der Waals surface area contributed by atoms with Gasteiger partial charge in [0.25, 0.3) is 0 Å². The average molecular weight is 187 g/mol. The molecule has 1 aromatic rings. The molecule has 0 aliphatic rings. The molecule has 7 heteroatoms. The molecule has 0 saturated heterocycles. The lowest BCUT2D eigenvalue weighted by Crippen LogP contribution is -2.07. The number of pyridine rings is 1. The second-order valence-corrected chi connectivity index (χ2v) is 2.86. The maximum atomic E-state index is 10.7. The smallest absolute Gasteiger partial charge is 0.258 e. The van der Waals surface area contributed by atoms with E-state index in [0.717, 1.165) is 0 Å². The molecule has 1 heterocycles. The molecule has 1 atom stereocenters. The molecule has 0 radical (unpaired) electrons. The van der Waals surface area contributed by atoms with Crippen LogP contribution < -0.4 is 5.14 Å².